The van der Waals surface area contributed by atoms with E-state index in [0.29, 0.717) is 25.5 Å². The number of ether oxygens (including phenoxy) is 1. The average Bonchev–Trinajstić information content (AvgIpc) is 2.67. The van der Waals surface area contributed by atoms with Gasteiger partial charge in [-0.25, -0.2) is 9.97 Å². The quantitative estimate of drug-likeness (QED) is 0.756. The standard InChI is InChI=1S/C20H27N5O2/c1-14(2)27-12-4-8-22-20-17-7-11-25(15(3)26)13-18(17)23-19(24-20)16-5-9-21-10-6-16/h5-6,9-10,14H,4,7-8,11-13H2,1-3H3,(H,22,23,24). The van der Waals surface area contributed by atoms with Gasteiger partial charge in [-0.05, 0) is 38.8 Å². The molecule has 0 bridgehead atoms. The Kier molecular flexibility index (Phi) is 6.34. The summed E-state index contributed by atoms with van der Waals surface area (Å²) in [6, 6.07) is 3.79. The van der Waals surface area contributed by atoms with Crippen LogP contribution in [0.25, 0.3) is 11.4 Å². The molecule has 1 amide bonds. The van der Waals surface area contributed by atoms with Crippen LogP contribution in [0.2, 0.25) is 0 Å². The number of hydrogen-bond donors (Lipinski definition) is 1. The first-order valence-electron chi connectivity index (χ1n) is 9.45. The van der Waals surface area contributed by atoms with Gasteiger partial charge in [0.25, 0.3) is 0 Å². The number of nitrogens with zero attached hydrogens (tertiary/aromatic N) is 4. The molecule has 7 heteroatoms. The van der Waals surface area contributed by atoms with Crippen molar-refractivity contribution in [3.8, 4) is 11.4 Å². The Hall–Kier alpha value is -2.54. The minimum absolute atomic E-state index is 0.0741. The molecule has 144 valence electrons. The van der Waals surface area contributed by atoms with E-state index in [1.807, 2.05) is 30.9 Å². The highest BCUT2D eigenvalue weighted by Gasteiger charge is 2.24. The van der Waals surface area contributed by atoms with Crippen LogP contribution in [0.1, 0.15) is 38.4 Å². The molecule has 0 aromatic carbocycles. The van der Waals surface area contributed by atoms with Crippen LogP contribution in [-0.4, -0.2) is 51.6 Å². The monoisotopic (exact) mass is 369 g/mol. The number of aromatic nitrogens is 3. The summed E-state index contributed by atoms with van der Waals surface area (Å²) in [5, 5.41) is 3.45. The van der Waals surface area contributed by atoms with Crippen molar-refractivity contribution in [1.29, 1.82) is 0 Å². The van der Waals surface area contributed by atoms with Gasteiger partial charge in [0.05, 0.1) is 18.3 Å². The van der Waals surface area contributed by atoms with Crippen LogP contribution >= 0.6 is 0 Å². The van der Waals surface area contributed by atoms with Gasteiger partial charge in [-0.1, -0.05) is 0 Å². The maximum absolute atomic E-state index is 11.8. The second kappa shape index (κ2) is 8.90. The van der Waals surface area contributed by atoms with Gasteiger partial charge in [0.15, 0.2) is 5.82 Å². The van der Waals surface area contributed by atoms with Gasteiger partial charge in [-0.15, -0.1) is 0 Å². The van der Waals surface area contributed by atoms with Crippen LogP contribution in [0.15, 0.2) is 24.5 Å². The fourth-order valence-corrected chi connectivity index (χ4v) is 3.07. The largest absolute Gasteiger partial charge is 0.379 e. The molecular weight excluding hydrogens is 342 g/mol. The number of amides is 1. The number of fused-ring (bicyclic) bond motifs is 1. The van der Waals surface area contributed by atoms with Crippen molar-refractivity contribution in [2.24, 2.45) is 0 Å². The Morgan fingerprint density at radius 3 is 2.78 bits per heavy atom. The molecule has 0 aliphatic carbocycles. The number of hydrogen-bond acceptors (Lipinski definition) is 6. The number of rotatable bonds is 7. The summed E-state index contributed by atoms with van der Waals surface area (Å²) in [5.41, 5.74) is 2.94. The van der Waals surface area contributed by atoms with Gasteiger partial charge in [0, 0.05) is 50.1 Å². The summed E-state index contributed by atoms with van der Waals surface area (Å²) < 4.78 is 5.60. The molecule has 0 fully saturated rings. The molecule has 0 saturated carbocycles. The zero-order chi connectivity index (χ0) is 19.2. The molecule has 0 atom stereocenters. The molecule has 1 aliphatic heterocycles. The molecular formula is C20H27N5O2. The van der Waals surface area contributed by atoms with Crippen molar-refractivity contribution in [3.05, 3.63) is 35.8 Å². The lowest BCUT2D eigenvalue weighted by molar-refractivity contribution is -0.129. The number of carbonyl (C=O) groups is 1. The van der Waals surface area contributed by atoms with E-state index in [1.165, 1.54) is 0 Å². The average molecular weight is 369 g/mol. The highest BCUT2D eigenvalue weighted by atomic mass is 16.5. The molecule has 2 aromatic heterocycles. The summed E-state index contributed by atoms with van der Waals surface area (Å²) in [6.07, 6.45) is 5.37. The fraction of sp³-hybridized carbons (Fsp3) is 0.500. The van der Waals surface area contributed by atoms with Crippen LogP contribution in [0, 0.1) is 0 Å². The van der Waals surface area contributed by atoms with Crippen molar-refractivity contribution in [2.45, 2.75) is 46.3 Å². The van der Waals surface area contributed by atoms with Crippen molar-refractivity contribution in [3.63, 3.8) is 0 Å². The molecule has 1 N–H and O–H groups in total. The Balaban J connectivity index is 1.82. The predicted molar refractivity (Wildman–Crippen MR) is 104 cm³/mol. The van der Waals surface area contributed by atoms with E-state index in [2.05, 4.69) is 10.3 Å². The maximum atomic E-state index is 11.8. The molecule has 27 heavy (non-hydrogen) atoms. The summed E-state index contributed by atoms with van der Waals surface area (Å²) in [5.74, 6) is 1.59. The molecule has 3 rings (SSSR count). The Labute approximate surface area is 160 Å². The molecule has 0 radical (unpaired) electrons. The lowest BCUT2D eigenvalue weighted by Gasteiger charge is -2.28. The second-order valence-electron chi connectivity index (χ2n) is 6.95. The number of carbonyl (C=O) groups excluding carboxylic acids is 1. The van der Waals surface area contributed by atoms with Crippen molar-refractivity contribution >= 4 is 11.7 Å². The molecule has 1 aliphatic rings. The van der Waals surface area contributed by atoms with Crippen LogP contribution in [0.3, 0.4) is 0 Å². The molecule has 0 spiro atoms. The summed E-state index contributed by atoms with van der Waals surface area (Å²) in [4.78, 5) is 27.2. The SMILES string of the molecule is CC(=O)N1CCc2c(nc(-c3ccncc3)nc2NCCCOC(C)C)C1. The fourth-order valence-electron chi connectivity index (χ4n) is 3.07. The zero-order valence-electron chi connectivity index (χ0n) is 16.2. The van der Waals surface area contributed by atoms with E-state index in [1.54, 1.807) is 19.3 Å². The maximum Gasteiger partial charge on any atom is 0.219 e. The van der Waals surface area contributed by atoms with Gasteiger partial charge >= 0.3 is 0 Å². The predicted octanol–water partition coefficient (Wildman–Crippen LogP) is 2.67. The third-order valence-electron chi connectivity index (χ3n) is 4.51. The third kappa shape index (κ3) is 5.01. The van der Waals surface area contributed by atoms with E-state index in [0.717, 1.165) is 42.0 Å². The lowest BCUT2D eigenvalue weighted by Crippen LogP contribution is -2.35. The van der Waals surface area contributed by atoms with Crippen LogP contribution in [-0.2, 0) is 22.5 Å². The minimum Gasteiger partial charge on any atom is -0.379 e. The highest BCUT2D eigenvalue weighted by molar-refractivity contribution is 5.74. The molecule has 0 unspecified atom stereocenters. The Morgan fingerprint density at radius 1 is 1.30 bits per heavy atom. The van der Waals surface area contributed by atoms with Crippen LogP contribution < -0.4 is 5.32 Å². The first-order valence-corrected chi connectivity index (χ1v) is 9.45. The van der Waals surface area contributed by atoms with Gasteiger partial charge in [0.2, 0.25) is 5.91 Å². The molecule has 0 saturated heterocycles. The van der Waals surface area contributed by atoms with Gasteiger partial charge < -0.3 is 15.0 Å². The van der Waals surface area contributed by atoms with Crippen molar-refractivity contribution < 1.29 is 9.53 Å². The van der Waals surface area contributed by atoms with E-state index in [4.69, 9.17) is 14.7 Å². The normalized spacial score (nSPS) is 13.6. The van der Waals surface area contributed by atoms with Crippen LogP contribution in [0.5, 0.6) is 0 Å². The minimum atomic E-state index is 0.0741. The van der Waals surface area contributed by atoms with E-state index in [9.17, 15) is 4.79 Å². The molecule has 7 nitrogen and oxygen atoms in total. The van der Waals surface area contributed by atoms with Gasteiger partial charge in [-0.2, -0.15) is 0 Å². The van der Waals surface area contributed by atoms with Gasteiger partial charge in [-0.3, -0.25) is 9.78 Å². The summed E-state index contributed by atoms with van der Waals surface area (Å²) >= 11 is 0. The summed E-state index contributed by atoms with van der Waals surface area (Å²) in [7, 11) is 0. The smallest absolute Gasteiger partial charge is 0.219 e. The first kappa shape index (κ1) is 19.2. The molecule has 3 heterocycles. The number of nitrogens with one attached hydrogen (secondary N) is 1. The number of pyridine rings is 1. The Morgan fingerprint density at radius 2 is 2.07 bits per heavy atom. The van der Waals surface area contributed by atoms with Crippen LogP contribution in [0.4, 0.5) is 5.82 Å². The lowest BCUT2D eigenvalue weighted by atomic mass is 10.0. The van der Waals surface area contributed by atoms with E-state index in [-0.39, 0.29) is 12.0 Å². The Bertz CT molecular complexity index is 779. The van der Waals surface area contributed by atoms with Crippen molar-refractivity contribution in [1.82, 2.24) is 19.9 Å². The van der Waals surface area contributed by atoms with E-state index < -0.39 is 0 Å². The zero-order valence-corrected chi connectivity index (χ0v) is 16.2. The van der Waals surface area contributed by atoms with Crippen molar-refractivity contribution in [2.75, 3.05) is 25.0 Å². The van der Waals surface area contributed by atoms with Gasteiger partial charge in [0.1, 0.15) is 5.82 Å². The topological polar surface area (TPSA) is 80.2 Å². The molecule has 2 aromatic rings. The highest BCUT2D eigenvalue weighted by Crippen LogP contribution is 2.27. The third-order valence-corrected chi connectivity index (χ3v) is 4.51. The summed E-state index contributed by atoms with van der Waals surface area (Å²) in [6.45, 7) is 8.40. The van der Waals surface area contributed by atoms with E-state index >= 15 is 0 Å². The number of anilines is 1. The second-order valence-corrected chi connectivity index (χ2v) is 6.95. The first-order chi connectivity index (χ1) is 13.0.